The van der Waals surface area contributed by atoms with E-state index >= 15 is 0 Å². The van der Waals surface area contributed by atoms with Crippen molar-refractivity contribution in [2.75, 3.05) is 18.0 Å². The largest absolute Gasteiger partial charge is 0.291 e. The summed E-state index contributed by atoms with van der Waals surface area (Å²) >= 11 is 0. The predicted molar refractivity (Wildman–Crippen MR) is 81.9 cm³/mol. The van der Waals surface area contributed by atoms with Crippen LogP contribution < -0.4 is 4.90 Å². The molecule has 0 bridgehead atoms. The van der Waals surface area contributed by atoms with E-state index < -0.39 is 0 Å². The molecule has 0 saturated carbocycles. The Labute approximate surface area is 125 Å². The number of para-hydroxylation sites is 1. The van der Waals surface area contributed by atoms with Crippen LogP contribution in [0, 0.1) is 11.8 Å². The number of carbonyl (C=O) groups is 2. The van der Waals surface area contributed by atoms with Gasteiger partial charge in [-0.3, -0.25) is 14.5 Å². The van der Waals surface area contributed by atoms with Crippen molar-refractivity contribution in [3.05, 3.63) is 30.3 Å². The molecule has 4 nitrogen and oxygen atoms in total. The number of rotatable bonds is 2. The van der Waals surface area contributed by atoms with E-state index in [1.807, 2.05) is 30.3 Å². The van der Waals surface area contributed by atoms with Crippen molar-refractivity contribution in [1.29, 1.82) is 0 Å². The second kappa shape index (κ2) is 5.60. The standard InChI is InChI=1S/C17H22N2O2/c1-12-8-13(2)11-18(10-12)15-9-16(20)19(17(15)21)14-6-4-3-5-7-14/h3-7,12-13,15H,8-11H2,1-2H3. The Kier molecular flexibility index (Phi) is 3.81. The summed E-state index contributed by atoms with van der Waals surface area (Å²) in [6.45, 7) is 6.27. The minimum absolute atomic E-state index is 0.0625. The molecule has 2 heterocycles. The van der Waals surface area contributed by atoms with E-state index in [0.717, 1.165) is 13.1 Å². The Balaban J connectivity index is 1.80. The third-order valence-corrected chi connectivity index (χ3v) is 4.48. The van der Waals surface area contributed by atoms with Crippen LogP contribution in [-0.2, 0) is 9.59 Å². The molecule has 21 heavy (non-hydrogen) atoms. The summed E-state index contributed by atoms with van der Waals surface area (Å²) in [6.07, 6.45) is 1.51. The number of hydrogen-bond donors (Lipinski definition) is 0. The number of benzene rings is 1. The van der Waals surface area contributed by atoms with Gasteiger partial charge in [0.2, 0.25) is 5.91 Å². The zero-order chi connectivity index (χ0) is 15.0. The number of imide groups is 1. The molecular weight excluding hydrogens is 264 g/mol. The first-order chi connectivity index (χ1) is 10.1. The lowest BCUT2D eigenvalue weighted by Crippen LogP contribution is -2.48. The van der Waals surface area contributed by atoms with Gasteiger partial charge in [0.15, 0.2) is 0 Å². The normalized spacial score (nSPS) is 31.0. The van der Waals surface area contributed by atoms with E-state index in [2.05, 4.69) is 18.7 Å². The Morgan fingerprint density at radius 1 is 1.00 bits per heavy atom. The first-order valence-electron chi connectivity index (χ1n) is 7.72. The molecule has 1 aromatic rings. The summed E-state index contributed by atoms with van der Waals surface area (Å²) in [5.41, 5.74) is 0.688. The molecule has 0 radical (unpaired) electrons. The van der Waals surface area contributed by atoms with Crippen LogP contribution in [0.25, 0.3) is 0 Å². The first-order valence-corrected chi connectivity index (χ1v) is 7.72. The Bertz CT molecular complexity index is 533. The molecule has 2 amide bonds. The SMILES string of the molecule is CC1CC(C)CN(C2CC(=O)N(c3ccccc3)C2=O)C1. The fourth-order valence-electron chi connectivity index (χ4n) is 3.72. The number of hydrogen-bond acceptors (Lipinski definition) is 3. The van der Waals surface area contributed by atoms with Gasteiger partial charge in [0.05, 0.1) is 18.2 Å². The van der Waals surface area contributed by atoms with Gasteiger partial charge >= 0.3 is 0 Å². The van der Waals surface area contributed by atoms with E-state index in [1.54, 1.807) is 0 Å². The molecule has 2 aliphatic rings. The van der Waals surface area contributed by atoms with E-state index in [9.17, 15) is 9.59 Å². The number of nitrogens with zero attached hydrogens (tertiary/aromatic N) is 2. The number of amides is 2. The molecule has 0 aromatic heterocycles. The summed E-state index contributed by atoms with van der Waals surface area (Å²) in [7, 11) is 0. The molecule has 0 N–H and O–H groups in total. The van der Waals surface area contributed by atoms with Crippen LogP contribution in [0.3, 0.4) is 0 Å². The number of anilines is 1. The average molecular weight is 286 g/mol. The van der Waals surface area contributed by atoms with Crippen molar-refractivity contribution < 1.29 is 9.59 Å². The van der Waals surface area contributed by atoms with Crippen molar-refractivity contribution in [3.63, 3.8) is 0 Å². The molecule has 3 unspecified atom stereocenters. The Morgan fingerprint density at radius 2 is 1.62 bits per heavy atom. The third-order valence-electron chi connectivity index (χ3n) is 4.48. The van der Waals surface area contributed by atoms with Crippen molar-refractivity contribution in [3.8, 4) is 0 Å². The summed E-state index contributed by atoms with van der Waals surface area (Å²) < 4.78 is 0. The lowest BCUT2D eigenvalue weighted by atomic mass is 9.90. The highest BCUT2D eigenvalue weighted by atomic mass is 16.2. The minimum atomic E-state index is -0.275. The molecule has 1 aromatic carbocycles. The lowest BCUT2D eigenvalue weighted by Gasteiger charge is -2.37. The average Bonchev–Trinajstić information content (AvgIpc) is 2.74. The van der Waals surface area contributed by atoms with Crippen LogP contribution in [0.4, 0.5) is 5.69 Å². The van der Waals surface area contributed by atoms with Gasteiger partial charge in [0.25, 0.3) is 5.91 Å². The van der Waals surface area contributed by atoms with Crippen LogP contribution in [0.15, 0.2) is 30.3 Å². The predicted octanol–water partition coefficient (Wildman–Crippen LogP) is 2.30. The van der Waals surface area contributed by atoms with Crippen molar-refractivity contribution in [2.24, 2.45) is 11.8 Å². The van der Waals surface area contributed by atoms with Gasteiger partial charge in [-0.05, 0) is 30.4 Å². The summed E-state index contributed by atoms with van der Waals surface area (Å²) in [5, 5.41) is 0. The van der Waals surface area contributed by atoms with Crippen LogP contribution in [0.5, 0.6) is 0 Å². The first kappa shape index (κ1) is 14.3. The minimum Gasteiger partial charge on any atom is -0.291 e. The van der Waals surface area contributed by atoms with E-state index in [0.29, 0.717) is 23.9 Å². The third kappa shape index (κ3) is 2.72. The van der Waals surface area contributed by atoms with E-state index in [1.165, 1.54) is 11.3 Å². The molecule has 4 heteroatoms. The maximum absolute atomic E-state index is 12.7. The Hall–Kier alpha value is -1.68. The molecule has 0 spiro atoms. The molecule has 2 aliphatic heterocycles. The van der Waals surface area contributed by atoms with Crippen LogP contribution in [-0.4, -0.2) is 35.8 Å². The molecule has 3 rings (SSSR count). The second-order valence-electron chi connectivity index (χ2n) is 6.52. The lowest BCUT2D eigenvalue weighted by molar-refractivity contribution is -0.123. The van der Waals surface area contributed by atoms with Gasteiger partial charge in [0, 0.05) is 13.1 Å². The van der Waals surface area contributed by atoms with Gasteiger partial charge in [-0.2, -0.15) is 0 Å². The molecule has 2 saturated heterocycles. The van der Waals surface area contributed by atoms with Gasteiger partial charge in [-0.1, -0.05) is 32.0 Å². The van der Waals surface area contributed by atoms with Gasteiger partial charge < -0.3 is 0 Å². The van der Waals surface area contributed by atoms with Gasteiger partial charge in [-0.25, -0.2) is 4.90 Å². The van der Waals surface area contributed by atoms with Crippen molar-refractivity contribution in [1.82, 2.24) is 4.90 Å². The Morgan fingerprint density at radius 3 is 2.24 bits per heavy atom. The van der Waals surface area contributed by atoms with Crippen LogP contribution in [0.1, 0.15) is 26.7 Å². The molecule has 112 valence electrons. The summed E-state index contributed by atoms with van der Waals surface area (Å²) in [6, 6.07) is 8.96. The molecule has 0 aliphatic carbocycles. The second-order valence-corrected chi connectivity index (χ2v) is 6.52. The van der Waals surface area contributed by atoms with Crippen LogP contribution in [0.2, 0.25) is 0 Å². The number of likely N-dealkylation sites (tertiary alicyclic amines) is 1. The van der Waals surface area contributed by atoms with Crippen LogP contribution >= 0.6 is 0 Å². The van der Waals surface area contributed by atoms with E-state index in [4.69, 9.17) is 0 Å². The fraction of sp³-hybridized carbons (Fsp3) is 0.529. The fourth-order valence-corrected chi connectivity index (χ4v) is 3.72. The zero-order valence-corrected chi connectivity index (χ0v) is 12.7. The molecular formula is C17H22N2O2. The topological polar surface area (TPSA) is 40.6 Å². The zero-order valence-electron chi connectivity index (χ0n) is 12.7. The highest BCUT2D eigenvalue weighted by Gasteiger charge is 2.43. The van der Waals surface area contributed by atoms with Crippen molar-refractivity contribution in [2.45, 2.75) is 32.7 Å². The van der Waals surface area contributed by atoms with Crippen molar-refractivity contribution >= 4 is 17.5 Å². The number of carbonyl (C=O) groups excluding carboxylic acids is 2. The highest BCUT2D eigenvalue weighted by Crippen LogP contribution is 2.29. The monoisotopic (exact) mass is 286 g/mol. The quantitative estimate of drug-likeness (QED) is 0.783. The highest BCUT2D eigenvalue weighted by molar-refractivity contribution is 6.22. The van der Waals surface area contributed by atoms with E-state index in [-0.39, 0.29) is 17.9 Å². The van der Waals surface area contributed by atoms with Gasteiger partial charge in [-0.15, -0.1) is 0 Å². The smallest absolute Gasteiger partial charge is 0.251 e. The number of piperidine rings is 1. The van der Waals surface area contributed by atoms with Gasteiger partial charge in [0.1, 0.15) is 0 Å². The molecule has 3 atom stereocenters. The maximum Gasteiger partial charge on any atom is 0.251 e. The summed E-state index contributed by atoms with van der Waals surface area (Å²) in [5.74, 6) is 1.03. The molecule has 2 fully saturated rings. The maximum atomic E-state index is 12.7. The summed E-state index contributed by atoms with van der Waals surface area (Å²) in [4.78, 5) is 28.5.